The van der Waals surface area contributed by atoms with Gasteiger partial charge in [0.15, 0.2) is 0 Å². The molecule has 1 aliphatic heterocycles. The number of carboxylic acid groups (broad SMARTS) is 1. The Morgan fingerprint density at radius 2 is 1.73 bits per heavy atom. The van der Waals surface area contributed by atoms with E-state index in [1.165, 1.54) is 0 Å². The van der Waals surface area contributed by atoms with Gasteiger partial charge in [-0.25, -0.2) is 4.79 Å². The Morgan fingerprint density at radius 1 is 1.15 bits per heavy atom. The zero-order valence-corrected chi connectivity index (χ0v) is 14.3. The molecule has 0 aliphatic carbocycles. The van der Waals surface area contributed by atoms with Gasteiger partial charge >= 0.3 is 5.97 Å². The van der Waals surface area contributed by atoms with Crippen LogP contribution in [0.5, 0.6) is 11.5 Å². The maximum Gasteiger partial charge on any atom is 0.335 e. The number of hydrogen-bond acceptors (Lipinski definition) is 5. The first-order valence-electron chi connectivity index (χ1n) is 8.11. The van der Waals surface area contributed by atoms with E-state index in [0.717, 1.165) is 5.56 Å². The van der Waals surface area contributed by atoms with Crippen LogP contribution in [0, 0.1) is 0 Å². The van der Waals surface area contributed by atoms with Crippen LogP contribution in [0.3, 0.4) is 0 Å². The van der Waals surface area contributed by atoms with Crippen molar-refractivity contribution < 1.29 is 25.6 Å². The van der Waals surface area contributed by atoms with Gasteiger partial charge in [-0.3, -0.25) is 14.9 Å². The first-order valence-corrected chi connectivity index (χ1v) is 8.42. The molecule has 1 heterocycles. The van der Waals surface area contributed by atoms with E-state index in [0.29, 0.717) is 28.8 Å². The van der Waals surface area contributed by atoms with Crippen molar-refractivity contribution in [3.05, 3.63) is 66.2 Å². The number of amides is 2. The number of rotatable bonds is 6. The second-order valence-electron chi connectivity index (χ2n) is 5.50. The van der Waals surface area contributed by atoms with E-state index in [-0.39, 0.29) is 12.0 Å². The summed E-state index contributed by atoms with van der Waals surface area (Å²) < 4.78 is 13.8. The Bertz CT molecular complexity index is 926. The van der Waals surface area contributed by atoms with Crippen LogP contribution >= 0.6 is 11.8 Å². The second-order valence-corrected chi connectivity index (χ2v) is 6.57. The summed E-state index contributed by atoms with van der Waals surface area (Å²) in [7, 11) is 0. The third kappa shape index (κ3) is 4.12. The summed E-state index contributed by atoms with van der Waals surface area (Å²) in [5.74, 6) is -0.622. The third-order valence-corrected chi connectivity index (χ3v) is 4.53. The lowest BCUT2D eigenvalue weighted by atomic mass is 10.1. The lowest BCUT2D eigenvalue weighted by Crippen LogP contribution is -2.25. The molecular formula is C19H15NO5S. The second kappa shape index (κ2) is 7.45. The molecule has 6 nitrogen and oxygen atoms in total. The number of carbonyl (C=O) groups is 3. The van der Waals surface area contributed by atoms with E-state index >= 15 is 0 Å². The van der Waals surface area contributed by atoms with Crippen LogP contribution in [0.15, 0.2) is 55.1 Å². The van der Waals surface area contributed by atoms with Crippen molar-refractivity contribution in [1.82, 2.24) is 5.32 Å². The Labute approximate surface area is 155 Å². The highest BCUT2D eigenvalue weighted by Crippen LogP contribution is 2.26. The summed E-state index contributed by atoms with van der Waals surface area (Å²) in [5, 5.41) is 8.98. The van der Waals surface area contributed by atoms with Crippen LogP contribution < -0.4 is 10.1 Å². The van der Waals surface area contributed by atoms with Crippen LogP contribution in [-0.4, -0.2) is 27.4 Å². The van der Waals surface area contributed by atoms with Crippen molar-refractivity contribution in [3.63, 3.8) is 0 Å². The molecule has 0 saturated carbocycles. The molecule has 1 unspecified atom stereocenters. The van der Waals surface area contributed by atoms with Crippen LogP contribution in [-0.2, 0) is 16.0 Å². The highest BCUT2D eigenvalue weighted by molar-refractivity contribution is 8.15. The van der Waals surface area contributed by atoms with Gasteiger partial charge in [0.1, 0.15) is 11.5 Å². The lowest BCUT2D eigenvalue weighted by molar-refractivity contribution is -0.130. The average Bonchev–Trinajstić information content (AvgIpc) is 2.88. The number of aliphatic carboxylic acids is 1. The van der Waals surface area contributed by atoms with Crippen molar-refractivity contribution >= 4 is 34.5 Å². The van der Waals surface area contributed by atoms with E-state index in [1.807, 2.05) is 0 Å². The minimum absolute atomic E-state index is 0.00234. The van der Waals surface area contributed by atoms with Crippen LogP contribution in [0.25, 0.3) is 5.57 Å². The highest BCUT2D eigenvalue weighted by atomic mass is 32.2. The van der Waals surface area contributed by atoms with Gasteiger partial charge in [-0.15, -0.1) is 0 Å². The number of benzene rings is 2. The van der Waals surface area contributed by atoms with Crippen molar-refractivity contribution in [3.8, 4) is 11.5 Å². The molecule has 1 atom stereocenters. The zero-order valence-electron chi connectivity index (χ0n) is 14.5. The predicted molar refractivity (Wildman–Crippen MR) is 98.2 cm³/mol. The van der Waals surface area contributed by atoms with Crippen LogP contribution in [0.1, 0.15) is 12.5 Å². The number of carboxylic acids is 1. The molecule has 2 N–H and O–H groups in total. The van der Waals surface area contributed by atoms with E-state index in [2.05, 4.69) is 11.9 Å². The minimum Gasteiger partial charge on any atom is -0.478 e. The van der Waals surface area contributed by atoms with Gasteiger partial charge in [-0.05, 0) is 41.8 Å². The largest absolute Gasteiger partial charge is 0.478 e. The number of hydrogen-bond donors (Lipinski definition) is 2. The third-order valence-electron chi connectivity index (χ3n) is 3.67. The Hall–Kier alpha value is -3.06. The standard InChI is InChI=1S/C19H15NO5S/c1-11(18(22)23)13-4-8-15(9-5-13)25-14-6-2-12(3-7-14)10-16-17(21)20-19(24)26-16/h2-9,16H,1,10H2,(H,22,23)(H,20,21,24)/i16D. The van der Waals surface area contributed by atoms with Crippen molar-refractivity contribution in [2.45, 2.75) is 11.6 Å². The topological polar surface area (TPSA) is 92.7 Å². The van der Waals surface area contributed by atoms with Gasteiger partial charge in [-0.2, -0.15) is 0 Å². The summed E-state index contributed by atoms with van der Waals surface area (Å²) >= 11 is 0.670. The number of ether oxygens (including phenoxy) is 1. The SMILES string of the molecule is [2H]C1(Cc2ccc(Oc3ccc(C(=C)C(=O)O)cc3)cc2)SC(=O)NC1=O. The summed E-state index contributed by atoms with van der Waals surface area (Å²) in [6.07, 6.45) is 0.0987. The molecule has 2 aromatic carbocycles. The summed E-state index contributed by atoms with van der Waals surface area (Å²) in [6.45, 7) is 3.50. The molecule has 1 aliphatic rings. The molecule has 2 aromatic rings. The molecule has 0 radical (unpaired) electrons. The van der Waals surface area contributed by atoms with E-state index in [1.54, 1.807) is 48.5 Å². The smallest absolute Gasteiger partial charge is 0.335 e. The monoisotopic (exact) mass is 370 g/mol. The Balaban J connectivity index is 1.66. The number of carbonyl (C=O) groups excluding carboxylic acids is 2. The highest BCUT2D eigenvalue weighted by Gasteiger charge is 2.31. The van der Waals surface area contributed by atoms with E-state index in [9.17, 15) is 14.4 Å². The molecule has 1 fully saturated rings. The fourth-order valence-corrected chi connectivity index (χ4v) is 3.06. The fourth-order valence-electron chi connectivity index (χ4n) is 2.31. The molecule has 26 heavy (non-hydrogen) atoms. The minimum atomic E-state index is -1.55. The van der Waals surface area contributed by atoms with Crippen molar-refractivity contribution in [2.24, 2.45) is 0 Å². The number of imide groups is 1. The van der Waals surface area contributed by atoms with Gasteiger partial charge in [0.2, 0.25) is 5.91 Å². The Morgan fingerprint density at radius 3 is 2.23 bits per heavy atom. The normalized spacial score (nSPS) is 19.6. The van der Waals surface area contributed by atoms with Crippen molar-refractivity contribution in [1.29, 1.82) is 0 Å². The lowest BCUT2D eigenvalue weighted by Gasteiger charge is -2.09. The van der Waals surface area contributed by atoms with Crippen LogP contribution in [0.4, 0.5) is 4.79 Å². The maximum atomic E-state index is 11.7. The molecule has 1 saturated heterocycles. The fraction of sp³-hybridized carbons (Fsp3) is 0.105. The predicted octanol–water partition coefficient (Wildman–Crippen LogP) is 3.47. The summed E-state index contributed by atoms with van der Waals surface area (Å²) in [4.78, 5) is 33.9. The Kier molecular flexibility index (Phi) is 4.70. The molecule has 0 bridgehead atoms. The molecular weight excluding hydrogens is 354 g/mol. The first-order chi connectivity index (χ1) is 12.8. The molecule has 7 heteroatoms. The maximum absolute atomic E-state index is 11.7. The zero-order chi connectivity index (χ0) is 19.6. The van der Waals surface area contributed by atoms with Gasteiger partial charge < -0.3 is 9.84 Å². The van der Waals surface area contributed by atoms with Crippen molar-refractivity contribution in [2.75, 3.05) is 0 Å². The molecule has 0 aromatic heterocycles. The number of nitrogens with one attached hydrogen (secondary N) is 1. The van der Waals surface area contributed by atoms with E-state index < -0.39 is 22.3 Å². The molecule has 3 rings (SSSR count). The quantitative estimate of drug-likeness (QED) is 0.757. The van der Waals surface area contributed by atoms with Gasteiger partial charge in [0.05, 0.1) is 12.2 Å². The number of thioether (sulfide) groups is 1. The molecule has 0 spiro atoms. The first kappa shape index (κ1) is 16.4. The van der Waals surface area contributed by atoms with Crippen LogP contribution in [0.2, 0.25) is 0 Å². The van der Waals surface area contributed by atoms with Gasteiger partial charge in [-0.1, -0.05) is 42.6 Å². The summed E-state index contributed by atoms with van der Waals surface area (Å²) in [5.41, 5.74) is 1.22. The molecule has 132 valence electrons. The van der Waals surface area contributed by atoms with E-state index in [4.69, 9.17) is 11.2 Å². The van der Waals surface area contributed by atoms with Gasteiger partial charge in [0, 0.05) is 0 Å². The molecule has 2 amide bonds. The average molecular weight is 370 g/mol. The van der Waals surface area contributed by atoms with Gasteiger partial charge in [0.25, 0.3) is 5.24 Å². The summed E-state index contributed by atoms with van der Waals surface area (Å²) in [6, 6.07) is 13.3.